The van der Waals surface area contributed by atoms with E-state index in [9.17, 15) is 9.18 Å². The maximum absolute atomic E-state index is 12.8. The maximum atomic E-state index is 12.8. The van der Waals surface area contributed by atoms with Crippen LogP contribution < -0.4 is 10.2 Å². The highest BCUT2D eigenvalue weighted by Crippen LogP contribution is 2.16. The Morgan fingerprint density at radius 2 is 1.83 bits per heavy atom. The Balaban J connectivity index is 1.57. The molecule has 1 aromatic heterocycles. The lowest BCUT2D eigenvalue weighted by molar-refractivity contribution is 0.0945. The lowest BCUT2D eigenvalue weighted by Crippen LogP contribution is -2.30. The molecule has 2 heterocycles. The van der Waals surface area contributed by atoms with Gasteiger partial charge in [-0.05, 0) is 37.0 Å². The van der Waals surface area contributed by atoms with Gasteiger partial charge in [-0.2, -0.15) is 0 Å². The second kappa shape index (κ2) is 7.17. The summed E-state index contributed by atoms with van der Waals surface area (Å²) in [5.74, 6) is 0.242. The summed E-state index contributed by atoms with van der Waals surface area (Å²) in [7, 11) is 0. The first-order valence-corrected chi connectivity index (χ1v) is 7.82. The molecule has 1 saturated heterocycles. The Kier molecular flexibility index (Phi) is 4.80. The van der Waals surface area contributed by atoms with Crippen molar-refractivity contribution in [1.29, 1.82) is 0 Å². The van der Waals surface area contributed by atoms with Gasteiger partial charge in [0.2, 0.25) is 0 Å². The average Bonchev–Trinajstić information content (AvgIpc) is 2.62. The molecule has 1 aliphatic rings. The van der Waals surface area contributed by atoms with Crippen LogP contribution in [0.1, 0.15) is 35.3 Å². The minimum Gasteiger partial charge on any atom is -0.355 e. The largest absolute Gasteiger partial charge is 0.355 e. The Bertz CT molecular complexity index is 651. The summed E-state index contributed by atoms with van der Waals surface area (Å²) in [6.07, 6.45) is 6.75. The van der Waals surface area contributed by atoms with Crippen LogP contribution in [0.25, 0.3) is 0 Å². The van der Waals surface area contributed by atoms with Gasteiger partial charge in [-0.25, -0.2) is 14.4 Å². The molecule has 6 heteroatoms. The topological polar surface area (TPSA) is 58.1 Å². The number of hydrogen-bond donors (Lipinski definition) is 1. The molecule has 0 radical (unpaired) electrons. The van der Waals surface area contributed by atoms with Gasteiger partial charge >= 0.3 is 0 Å². The van der Waals surface area contributed by atoms with Crippen LogP contribution in [0.5, 0.6) is 0 Å². The van der Waals surface area contributed by atoms with Crippen molar-refractivity contribution in [3.8, 4) is 0 Å². The van der Waals surface area contributed by atoms with E-state index < -0.39 is 0 Å². The second-order valence-electron chi connectivity index (χ2n) is 5.62. The van der Waals surface area contributed by atoms with Gasteiger partial charge < -0.3 is 10.2 Å². The lowest BCUT2D eigenvalue weighted by atomic mass is 10.1. The number of rotatable bonds is 4. The fourth-order valence-electron chi connectivity index (χ4n) is 2.60. The summed E-state index contributed by atoms with van der Waals surface area (Å²) in [4.78, 5) is 22.8. The monoisotopic (exact) mass is 314 g/mol. The molecular weight excluding hydrogens is 295 g/mol. The number of carbonyl (C=O) groups is 1. The van der Waals surface area contributed by atoms with Gasteiger partial charge in [-0.3, -0.25) is 4.79 Å². The molecule has 1 amide bonds. The first-order chi connectivity index (χ1) is 11.2. The summed E-state index contributed by atoms with van der Waals surface area (Å²) in [6, 6.07) is 6.02. The molecule has 0 spiro atoms. The molecule has 1 N–H and O–H groups in total. The zero-order chi connectivity index (χ0) is 16.1. The number of carbonyl (C=O) groups excluding carboxylic acids is 1. The van der Waals surface area contributed by atoms with Gasteiger partial charge in [-0.1, -0.05) is 12.1 Å². The molecule has 0 bridgehead atoms. The molecule has 5 nitrogen and oxygen atoms in total. The van der Waals surface area contributed by atoms with Crippen LogP contribution in [0, 0.1) is 5.82 Å². The SMILES string of the molecule is O=C(NCc1ccc(F)cc1)c1cnc(N2CCCCC2)cn1. The van der Waals surface area contributed by atoms with Crippen molar-refractivity contribution >= 4 is 11.7 Å². The Labute approximate surface area is 134 Å². The third-order valence-corrected chi connectivity index (χ3v) is 3.92. The highest BCUT2D eigenvalue weighted by atomic mass is 19.1. The molecule has 3 rings (SSSR count). The van der Waals surface area contributed by atoms with E-state index in [1.54, 1.807) is 18.3 Å². The summed E-state index contributed by atoms with van der Waals surface area (Å²) < 4.78 is 12.8. The molecule has 1 aromatic carbocycles. The van der Waals surface area contributed by atoms with Gasteiger partial charge in [0.15, 0.2) is 0 Å². The fourth-order valence-corrected chi connectivity index (χ4v) is 2.60. The smallest absolute Gasteiger partial charge is 0.271 e. The van der Waals surface area contributed by atoms with Gasteiger partial charge in [0.25, 0.3) is 5.91 Å². The molecule has 0 atom stereocenters. The van der Waals surface area contributed by atoms with Crippen LogP contribution >= 0.6 is 0 Å². The number of nitrogens with zero attached hydrogens (tertiary/aromatic N) is 3. The van der Waals surface area contributed by atoms with E-state index in [1.807, 2.05) is 0 Å². The standard InChI is InChI=1S/C17H19FN4O/c18-14-6-4-13(5-7-14)10-21-17(23)15-11-20-16(12-19-15)22-8-2-1-3-9-22/h4-7,11-12H,1-3,8-10H2,(H,21,23). The highest BCUT2D eigenvalue weighted by molar-refractivity contribution is 5.91. The van der Waals surface area contributed by atoms with Crippen molar-refractivity contribution in [3.05, 3.63) is 53.7 Å². The van der Waals surface area contributed by atoms with Gasteiger partial charge in [-0.15, -0.1) is 0 Å². The van der Waals surface area contributed by atoms with Crippen molar-refractivity contribution < 1.29 is 9.18 Å². The van der Waals surface area contributed by atoms with Crippen LogP contribution in [0.4, 0.5) is 10.2 Å². The van der Waals surface area contributed by atoms with Gasteiger partial charge in [0.1, 0.15) is 17.3 Å². The minimum atomic E-state index is -0.292. The number of piperidine rings is 1. The van der Waals surface area contributed by atoms with Crippen molar-refractivity contribution in [2.24, 2.45) is 0 Å². The molecule has 0 unspecified atom stereocenters. The quantitative estimate of drug-likeness (QED) is 0.942. The van der Waals surface area contributed by atoms with Crippen molar-refractivity contribution in [1.82, 2.24) is 15.3 Å². The Hall–Kier alpha value is -2.50. The van der Waals surface area contributed by atoms with E-state index in [2.05, 4.69) is 20.2 Å². The van der Waals surface area contributed by atoms with E-state index in [4.69, 9.17) is 0 Å². The molecule has 0 aliphatic carbocycles. The first-order valence-electron chi connectivity index (χ1n) is 7.82. The van der Waals surface area contributed by atoms with Crippen molar-refractivity contribution in [3.63, 3.8) is 0 Å². The van der Waals surface area contributed by atoms with Crippen LogP contribution in [-0.4, -0.2) is 29.0 Å². The van der Waals surface area contributed by atoms with E-state index in [0.717, 1.165) is 24.5 Å². The molecule has 2 aromatic rings. The number of benzene rings is 1. The first kappa shape index (κ1) is 15.4. The molecule has 23 heavy (non-hydrogen) atoms. The Morgan fingerprint density at radius 3 is 2.48 bits per heavy atom. The fraction of sp³-hybridized carbons (Fsp3) is 0.353. The Morgan fingerprint density at radius 1 is 1.09 bits per heavy atom. The predicted octanol–water partition coefficient (Wildman–Crippen LogP) is 2.54. The molecule has 1 fully saturated rings. The predicted molar refractivity (Wildman–Crippen MR) is 85.7 cm³/mol. The summed E-state index contributed by atoms with van der Waals surface area (Å²) in [5.41, 5.74) is 1.12. The van der Waals surface area contributed by atoms with Gasteiger partial charge in [0, 0.05) is 19.6 Å². The summed E-state index contributed by atoms with van der Waals surface area (Å²) in [5, 5.41) is 2.76. The molecule has 0 saturated carbocycles. The number of nitrogens with one attached hydrogen (secondary N) is 1. The lowest BCUT2D eigenvalue weighted by Gasteiger charge is -2.27. The van der Waals surface area contributed by atoms with Crippen LogP contribution in [0.3, 0.4) is 0 Å². The zero-order valence-corrected chi connectivity index (χ0v) is 12.8. The average molecular weight is 314 g/mol. The summed E-state index contributed by atoms with van der Waals surface area (Å²) >= 11 is 0. The third kappa shape index (κ3) is 4.03. The summed E-state index contributed by atoms with van der Waals surface area (Å²) in [6.45, 7) is 2.31. The number of aromatic nitrogens is 2. The van der Waals surface area contributed by atoms with Crippen molar-refractivity contribution in [2.75, 3.05) is 18.0 Å². The third-order valence-electron chi connectivity index (χ3n) is 3.92. The zero-order valence-electron chi connectivity index (χ0n) is 12.8. The van der Waals surface area contributed by atoms with Crippen LogP contribution in [0.15, 0.2) is 36.7 Å². The molecule has 1 aliphatic heterocycles. The molecule has 120 valence electrons. The second-order valence-corrected chi connectivity index (χ2v) is 5.62. The number of anilines is 1. The van der Waals surface area contributed by atoms with Crippen LogP contribution in [0.2, 0.25) is 0 Å². The molecular formula is C17H19FN4O. The van der Waals surface area contributed by atoms with E-state index in [-0.39, 0.29) is 17.4 Å². The van der Waals surface area contributed by atoms with E-state index in [0.29, 0.717) is 6.54 Å². The number of hydrogen-bond acceptors (Lipinski definition) is 4. The maximum Gasteiger partial charge on any atom is 0.271 e. The number of amides is 1. The highest BCUT2D eigenvalue weighted by Gasteiger charge is 2.14. The normalized spacial score (nSPS) is 14.6. The minimum absolute atomic E-state index is 0.285. The van der Waals surface area contributed by atoms with Crippen LogP contribution in [-0.2, 0) is 6.54 Å². The van der Waals surface area contributed by atoms with Crippen molar-refractivity contribution in [2.45, 2.75) is 25.8 Å². The van der Waals surface area contributed by atoms with E-state index in [1.165, 1.54) is 37.6 Å². The number of halogens is 1. The van der Waals surface area contributed by atoms with Gasteiger partial charge in [0.05, 0.1) is 12.4 Å². The van der Waals surface area contributed by atoms with E-state index >= 15 is 0 Å².